The molecule has 1 atom stereocenters. The van der Waals surface area contributed by atoms with Gasteiger partial charge in [-0.1, -0.05) is 27.2 Å². The second-order valence-electron chi connectivity index (χ2n) is 6.78. The van der Waals surface area contributed by atoms with Gasteiger partial charge >= 0.3 is 0 Å². The van der Waals surface area contributed by atoms with E-state index in [0.29, 0.717) is 5.92 Å². The summed E-state index contributed by atoms with van der Waals surface area (Å²) in [5, 5.41) is 10.1. The van der Waals surface area contributed by atoms with Crippen LogP contribution in [0.5, 0.6) is 0 Å². The van der Waals surface area contributed by atoms with E-state index in [1.54, 1.807) is 11.3 Å². The van der Waals surface area contributed by atoms with E-state index in [-0.39, 0.29) is 24.0 Å². The Morgan fingerprint density at radius 3 is 2.84 bits per heavy atom. The third-order valence-corrected chi connectivity index (χ3v) is 5.83. The number of halogens is 1. The van der Waals surface area contributed by atoms with Crippen molar-refractivity contribution in [2.24, 2.45) is 4.99 Å². The Morgan fingerprint density at radius 1 is 1.40 bits per heavy atom. The van der Waals surface area contributed by atoms with Gasteiger partial charge in [0.1, 0.15) is 0 Å². The fourth-order valence-corrected chi connectivity index (χ4v) is 4.03. The molecule has 0 aromatic carbocycles. The lowest BCUT2D eigenvalue weighted by Gasteiger charge is -2.35. The minimum absolute atomic E-state index is 0. The van der Waals surface area contributed by atoms with Crippen LogP contribution in [0.4, 0.5) is 0 Å². The van der Waals surface area contributed by atoms with E-state index in [0.717, 1.165) is 37.3 Å². The van der Waals surface area contributed by atoms with Crippen molar-refractivity contribution in [2.45, 2.75) is 65.0 Å². The lowest BCUT2D eigenvalue weighted by molar-refractivity contribution is 0.147. The van der Waals surface area contributed by atoms with Gasteiger partial charge in [-0.2, -0.15) is 0 Å². The molecule has 1 unspecified atom stereocenters. The zero-order valence-corrected chi connectivity index (χ0v) is 19.2. The van der Waals surface area contributed by atoms with Crippen molar-refractivity contribution in [2.75, 3.05) is 26.7 Å². The summed E-state index contributed by atoms with van der Waals surface area (Å²) in [6.45, 7) is 10.7. The molecule has 0 spiro atoms. The number of nitrogens with zero attached hydrogens (tertiary/aromatic N) is 3. The van der Waals surface area contributed by atoms with Gasteiger partial charge in [0.25, 0.3) is 0 Å². The lowest BCUT2D eigenvalue weighted by atomic mass is 10.0. The molecular weight excluding hydrogens is 445 g/mol. The van der Waals surface area contributed by atoms with Crippen molar-refractivity contribution in [1.82, 2.24) is 20.5 Å². The molecule has 144 valence electrons. The number of likely N-dealkylation sites (tertiary alicyclic amines) is 1. The van der Waals surface area contributed by atoms with Crippen LogP contribution in [0, 0.1) is 0 Å². The number of hydrogen-bond donors (Lipinski definition) is 2. The summed E-state index contributed by atoms with van der Waals surface area (Å²) in [5.74, 6) is 1.36. The first-order chi connectivity index (χ1) is 11.6. The van der Waals surface area contributed by atoms with E-state index < -0.39 is 0 Å². The van der Waals surface area contributed by atoms with Crippen molar-refractivity contribution in [3.8, 4) is 0 Å². The molecule has 2 heterocycles. The van der Waals surface area contributed by atoms with E-state index in [4.69, 9.17) is 0 Å². The first-order valence-electron chi connectivity index (χ1n) is 9.26. The summed E-state index contributed by atoms with van der Waals surface area (Å²) in [4.78, 5) is 11.6. The molecule has 1 fully saturated rings. The van der Waals surface area contributed by atoms with Crippen LogP contribution in [-0.2, 0) is 6.54 Å². The fraction of sp³-hybridized carbons (Fsp3) is 0.778. The van der Waals surface area contributed by atoms with E-state index in [1.807, 2.05) is 7.05 Å². The molecule has 1 aromatic heterocycles. The molecule has 1 aliphatic rings. The Bertz CT molecular complexity index is 517. The number of thiazole rings is 1. The molecule has 0 saturated carbocycles. The third-order valence-electron chi connectivity index (χ3n) is 4.64. The van der Waals surface area contributed by atoms with Gasteiger partial charge in [-0.15, -0.1) is 35.3 Å². The number of nitrogens with one attached hydrogen (secondary N) is 2. The zero-order valence-electron chi connectivity index (χ0n) is 16.0. The molecule has 0 bridgehead atoms. The van der Waals surface area contributed by atoms with Crippen molar-refractivity contribution in [3.05, 3.63) is 16.1 Å². The Labute approximate surface area is 174 Å². The maximum Gasteiger partial charge on any atom is 0.191 e. The van der Waals surface area contributed by atoms with Crippen molar-refractivity contribution >= 4 is 41.3 Å². The molecule has 1 aliphatic heterocycles. The van der Waals surface area contributed by atoms with Gasteiger partial charge < -0.3 is 10.6 Å². The van der Waals surface area contributed by atoms with Gasteiger partial charge in [0.15, 0.2) is 5.96 Å². The summed E-state index contributed by atoms with van der Waals surface area (Å²) >= 11 is 1.74. The third kappa shape index (κ3) is 7.38. The Hall–Kier alpha value is -0.410. The summed E-state index contributed by atoms with van der Waals surface area (Å²) in [6, 6.07) is 0.764. The Morgan fingerprint density at radius 2 is 2.20 bits per heavy atom. The maximum atomic E-state index is 4.66. The Kier molecular flexibility index (Phi) is 10.9. The average molecular weight is 479 g/mol. The molecule has 0 amide bonds. The molecule has 0 radical (unpaired) electrons. The summed E-state index contributed by atoms with van der Waals surface area (Å²) < 4.78 is 0. The number of aliphatic imine (C=N–C) groups is 1. The molecule has 25 heavy (non-hydrogen) atoms. The maximum absolute atomic E-state index is 4.66. The number of piperidine rings is 1. The average Bonchev–Trinajstić information content (AvgIpc) is 3.07. The summed E-state index contributed by atoms with van der Waals surface area (Å²) in [7, 11) is 1.83. The molecule has 5 nitrogen and oxygen atoms in total. The van der Waals surface area contributed by atoms with Gasteiger partial charge in [0.05, 0.1) is 17.2 Å². The van der Waals surface area contributed by atoms with Crippen molar-refractivity contribution < 1.29 is 0 Å². The van der Waals surface area contributed by atoms with E-state index in [2.05, 4.69) is 51.7 Å². The lowest BCUT2D eigenvalue weighted by Crippen LogP contribution is -2.45. The van der Waals surface area contributed by atoms with Gasteiger partial charge in [0, 0.05) is 37.5 Å². The van der Waals surface area contributed by atoms with Crippen LogP contribution in [0.1, 0.15) is 63.1 Å². The van der Waals surface area contributed by atoms with Crippen LogP contribution in [-0.4, -0.2) is 48.6 Å². The number of guanidine groups is 1. The van der Waals surface area contributed by atoms with E-state index in [1.165, 1.54) is 37.2 Å². The second-order valence-corrected chi connectivity index (χ2v) is 7.67. The normalized spacial score (nSPS) is 18.9. The highest BCUT2D eigenvalue weighted by Gasteiger charge is 2.19. The quantitative estimate of drug-likeness (QED) is 0.355. The van der Waals surface area contributed by atoms with E-state index >= 15 is 0 Å². The number of aromatic nitrogens is 1. The smallest absolute Gasteiger partial charge is 0.191 e. The minimum atomic E-state index is 0. The monoisotopic (exact) mass is 479 g/mol. The van der Waals surface area contributed by atoms with Gasteiger partial charge in [0.2, 0.25) is 0 Å². The van der Waals surface area contributed by atoms with Gasteiger partial charge in [-0.05, 0) is 25.8 Å². The number of hydrogen-bond acceptors (Lipinski definition) is 4. The SMILES string of the molecule is CCC1CCCCN1CCNC(=NC)NCc1csc(C(C)C)n1.I. The van der Waals surface area contributed by atoms with Crippen LogP contribution in [0.25, 0.3) is 0 Å². The highest BCUT2D eigenvalue weighted by molar-refractivity contribution is 14.0. The number of rotatable bonds is 7. The van der Waals surface area contributed by atoms with Crippen LogP contribution >= 0.6 is 35.3 Å². The van der Waals surface area contributed by atoms with Crippen LogP contribution in [0.3, 0.4) is 0 Å². The minimum Gasteiger partial charge on any atom is -0.355 e. The molecular formula is C18H34IN5S. The standard InChI is InChI=1S/C18H33N5S.HI/c1-5-16-8-6-7-10-23(16)11-9-20-18(19-4)21-12-15-13-24-17(22-15)14(2)3;/h13-14,16H,5-12H2,1-4H3,(H2,19,20,21);1H. The first kappa shape index (κ1) is 22.6. The van der Waals surface area contributed by atoms with Gasteiger partial charge in [-0.25, -0.2) is 4.98 Å². The van der Waals surface area contributed by atoms with Crippen LogP contribution < -0.4 is 10.6 Å². The fourth-order valence-electron chi connectivity index (χ4n) is 3.20. The molecule has 0 aliphatic carbocycles. The van der Waals surface area contributed by atoms with Crippen LogP contribution in [0.2, 0.25) is 0 Å². The molecule has 7 heteroatoms. The Balaban J connectivity index is 0.00000312. The topological polar surface area (TPSA) is 52.5 Å². The highest BCUT2D eigenvalue weighted by atomic mass is 127. The molecule has 1 saturated heterocycles. The van der Waals surface area contributed by atoms with E-state index in [9.17, 15) is 0 Å². The van der Waals surface area contributed by atoms with Gasteiger partial charge in [-0.3, -0.25) is 9.89 Å². The molecule has 1 aromatic rings. The molecule has 2 rings (SSSR count). The van der Waals surface area contributed by atoms with Crippen LogP contribution in [0.15, 0.2) is 10.4 Å². The van der Waals surface area contributed by atoms with Crippen molar-refractivity contribution in [3.63, 3.8) is 0 Å². The zero-order chi connectivity index (χ0) is 17.4. The van der Waals surface area contributed by atoms with Crippen molar-refractivity contribution in [1.29, 1.82) is 0 Å². The predicted octanol–water partition coefficient (Wildman–Crippen LogP) is 3.81. The first-order valence-corrected chi connectivity index (χ1v) is 10.1. The predicted molar refractivity (Wildman–Crippen MR) is 119 cm³/mol. The molecule has 2 N–H and O–H groups in total. The summed E-state index contributed by atoms with van der Waals surface area (Å²) in [5.41, 5.74) is 1.09. The largest absolute Gasteiger partial charge is 0.355 e. The second kappa shape index (κ2) is 12.1. The highest BCUT2D eigenvalue weighted by Crippen LogP contribution is 2.19. The summed E-state index contributed by atoms with van der Waals surface area (Å²) in [6.07, 6.45) is 5.34.